The summed E-state index contributed by atoms with van der Waals surface area (Å²) < 4.78 is 5.37. The standard InChI is InChI=1S/C21H27N3O3/c1-13-14(2)23-19-12-16(10-11-18(19)22-13)21(26)27-15(3)20(25)24-17-8-6-4-5-7-9-17/h10-12,15,17H,4-9H2,1-3H3,(H,24,25)/t15-/m1/s1. The minimum atomic E-state index is -0.831. The van der Waals surface area contributed by atoms with E-state index in [9.17, 15) is 9.59 Å². The van der Waals surface area contributed by atoms with E-state index in [1.165, 1.54) is 12.8 Å². The van der Waals surface area contributed by atoms with E-state index < -0.39 is 12.1 Å². The first-order chi connectivity index (χ1) is 12.9. The van der Waals surface area contributed by atoms with Gasteiger partial charge in [0.05, 0.1) is 28.0 Å². The number of carbonyl (C=O) groups excluding carboxylic acids is 2. The zero-order valence-electron chi connectivity index (χ0n) is 16.2. The van der Waals surface area contributed by atoms with Gasteiger partial charge in [-0.15, -0.1) is 0 Å². The molecule has 1 atom stereocenters. The molecule has 1 amide bonds. The Morgan fingerprint density at radius 1 is 1.04 bits per heavy atom. The molecule has 1 N–H and O–H groups in total. The number of nitrogens with zero attached hydrogens (tertiary/aromatic N) is 2. The second-order valence-electron chi connectivity index (χ2n) is 7.34. The molecule has 0 radical (unpaired) electrons. The van der Waals surface area contributed by atoms with Crippen LogP contribution in [0.5, 0.6) is 0 Å². The highest BCUT2D eigenvalue weighted by Crippen LogP contribution is 2.18. The number of amides is 1. The van der Waals surface area contributed by atoms with Gasteiger partial charge in [0, 0.05) is 6.04 Å². The fourth-order valence-electron chi connectivity index (χ4n) is 3.38. The quantitative estimate of drug-likeness (QED) is 0.657. The highest BCUT2D eigenvalue weighted by Gasteiger charge is 2.22. The fourth-order valence-corrected chi connectivity index (χ4v) is 3.38. The number of hydrogen-bond donors (Lipinski definition) is 1. The summed E-state index contributed by atoms with van der Waals surface area (Å²) in [6, 6.07) is 5.25. The van der Waals surface area contributed by atoms with Crippen LogP contribution in [0.4, 0.5) is 0 Å². The molecular formula is C21H27N3O3. The second-order valence-corrected chi connectivity index (χ2v) is 7.34. The van der Waals surface area contributed by atoms with E-state index in [1.54, 1.807) is 25.1 Å². The van der Waals surface area contributed by atoms with Crippen LogP contribution in [0.3, 0.4) is 0 Å². The summed E-state index contributed by atoms with van der Waals surface area (Å²) in [6.45, 7) is 5.39. The summed E-state index contributed by atoms with van der Waals surface area (Å²) in [5.74, 6) is -0.761. The van der Waals surface area contributed by atoms with E-state index in [4.69, 9.17) is 4.74 Å². The van der Waals surface area contributed by atoms with Crippen molar-refractivity contribution >= 4 is 22.9 Å². The van der Waals surface area contributed by atoms with Crippen molar-refractivity contribution in [1.29, 1.82) is 0 Å². The van der Waals surface area contributed by atoms with Crippen molar-refractivity contribution in [1.82, 2.24) is 15.3 Å². The van der Waals surface area contributed by atoms with Gasteiger partial charge >= 0.3 is 5.97 Å². The minimum absolute atomic E-state index is 0.184. The van der Waals surface area contributed by atoms with E-state index in [1.807, 2.05) is 13.8 Å². The van der Waals surface area contributed by atoms with Crippen LogP contribution in [0.2, 0.25) is 0 Å². The summed E-state index contributed by atoms with van der Waals surface area (Å²) in [5, 5.41) is 3.02. The molecule has 144 valence electrons. The van der Waals surface area contributed by atoms with Crippen molar-refractivity contribution in [2.75, 3.05) is 0 Å². The maximum absolute atomic E-state index is 12.5. The Morgan fingerprint density at radius 3 is 2.33 bits per heavy atom. The zero-order valence-corrected chi connectivity index (χ0v) is 16.2. The van der Waals surface area contributed by atoms with Gasteiger partial charge in [-0.05, 0) is 51.8 Å². The number of nitrogens with one attached hydrogen (secondary N) is 1. The molecule has 6 nitrogen and oxygen atoms in total. The Kier molecular flexibility index (Phi) is 6.04. The molecule has 1 heterocycles. The first kappa shape index (κ1) is 19.3. The van der Waals surface area contributed by atoms with Crippen molar-refractivity contribution in [2.45, 2.75) is 71.4 Å². The maximum Gasteiger partial charge on any atom is 0.338 e. The Hall–Kier alpha value is -2.50. The molecule has 0 bridgehead atoms. The van der Waals surface area contributed by atoms with Gasteiger partial charge in [0.25, 0.3) is 5.91 Å². The summed E-state index contributed by atoms with van der Waals surface area (Å²) in [7, 11) is 0. The number of esters is 1. The number of benzene rings is 1. The van der Waals surface area contributed by atoms with E-state index in [2.05, 4.69) is 15.3 Å². The number of aromatic nitrogens is 2. The number of hydrogen-bond acceptors (Lipinski definition) is 5. The molecule has 1 aromatic heterocycles. The third-order valence-electron chi connectivity index (χ3n) is 5.17. The van der Waals surface area contributed by atoms with Crippen LogP contribution >= 0.6 is 0 Å². The van der Waals surface area contributed by atoms with Crippen molar-refractivity contribution in [3.05, 3.63) is 35.2 Å². The number of fused-ring (bicyclic) bond motifs is 1. The molecule has 0 unspecified atom stereocenters. The van der Waals surface area contributed by atoms with Crippen molar-refractivity contribution < 1.29 is 14.3 Å². The average Bonchev–Trinajstić information content (AvgIpc) is 2.90. The lowest BCUT2D eigenvalue weighted by atomic mass is 10.1. The van der Waals surface area contributed by atoms with E-state index in [0.717, 1.165) is 42.6 Å². The highest BCUT2D eigenvalue weighted by molar-refractivity contribution is 5.95. The van der Waals surface area contributed by atoms with Crippen LogP contribution < -0.4 is 5.32 Å². The van der Waals surface area contributed by atoms with Crippen LogP contribution in [0.25, 0.3) is 11.0 Å². The van der Waals surface area contributed by atoms with Gasteiger partial charge in [0.15, 0.2) is 6.10 Å². The molecule has 0 aliphatic heterocycles. The molecule has 1 aliphatic rings. The molecular weight excluding hydrogens is 342 g/mol. The lowest BCUT2D eigenvalue weighted by Gasteiger charge is -2.19. The number of ether oxygens (including phenoxy) is 1. The van der Waals surface area contributed by atoms with Gasteiger partial charge in [-0.2, -0.15) is 0 Å². The van der Waals surface area contributed by atoms with Crippen LogP contribution in [-0.4, -0.2) is 34.0 Å². The third-order valence-corrected chi connectivity index (χ3v) is 5.17. The van der Waals surface area contributed by atoms with Crippen LogP contribution in [0.1, 0.15) is 67.2 Å². The van der Waals surface area contributed by atoms with Crippen molar-refractivity contribution in [3.8, 4) is 0 Å². The number of aryl methyl sites for hydroxylation is 2. The number of carbonyl (C=O) groups is 2. The van der Waals surface area contributed by atoms with Gasteiger partial charge < -0.3 is 10.1 Å². The second kappa shape index (κ2) is 8.46. The Labute approximate surface area is 159 Å². The first-order valence-electron chi connectivity index (χ1n) is 9.70. The predicted molar refractivity (Wildman–Crippen MR) is 104 cm³/mol. The highest BCUT2D eigenvalue weighted by atomic mass is 16.5. The molecule has 27 heavy (non-hydrogen) atoms. The molecule has 1 aromatic carbocycles. The monoisotopic (exact) mass is 369 g/mol. The summed E-state index contributed by atoms with van der Waals surface area (Å²) >= 11 is 0. The average molecular weight is 369 g/mol. The molecule has 1 fully saturated rings. The van der Waals surface area contributed by atoms with Gasteiger partial charge in [-0.1, -0.05) is 25.7 Å². The van der Waals surface area contributed by atoms with Gasteiger partial charge in [-0.25, -0.2) is 14.8 Å². The van der Waals surface area contributed by atoms with Crippen LogP contribution in [0, 0.1) is 13.8 Å². The van der Waals surface area contributed by atoms with Crippen LogP contribution in [-0.2, 0) is 9.53 Å². The van der Waals surface area contributed by atoms with Gasteiger partial charge in [-0.3, -0.25) is 4.79 Å². The largest absolute Gasteiger partial charge is 0.449 e. The smallest absolute Gasteiger partial charge is 0.338 e. The molecule has 1 aliphatic carbocycles. The topological polar surface area (TPSA) is 81.2 Å². The summed E-state index contributed by atoms with van der Waals surface area (Å²) in [6.07, 6.45) is 5.87. The normalized spacial score (nSPS) is 16.6. The summed E-state index contributed by atoms with van der Waals surface area (Å²) in [4.78, 5) is 33.8. The molecule has 1 saturated carbocycles. The number of rotatable bonds is 4. The van der Waals surface area contributed by atoms with Crippen molar-refractivity contribution in [3.63, 3.8) is 0 Å². The Morgan fingerprint density at radius 2 is 1.67 bits per heavy atom. The molecule has 6 heteroatoms. The molecule has 2 aromatic rings. The zero-order chi connectivity index (χ0) is 19.4. The van der Waals surface area contributed by atoms with Gasteiger partial charge in [0.1, 0.15) is 0 Å². The molecule has 0 saturated heterocycles. The third kappa shape index (κ3) is 4.81. The fraction of sp³-hybridized carbons (Fsp3) is 0.524. The Bertz CT molecular complexity index is 842. The summed E-state index contributed by atoms with van der Waals surface area (Å²) in [5.41, 5.74) is 3.43. The molecule has 0 spiro atoms. The predicted octanol–water partition coefficient (Wildman–Crippen LogP) is 3.63. The van der Waals surface area contributed by atoms with E-state index in [-0.39, 0.29) is 11.9 Å². The lowest BCUT2D eigenvalue weighted by Crippen LogP contribution is -2.41. The SMILES string of the molecule is Cc1nc2ccc(C(=O)O[C@H](C)C(=O)NC3CCCCCC3)cc2nc1C. The van der Waals surface area contributed by atoms with E-state index in [0.29, 0.717) is 11.1 Å². The minimum Gasteiger partial charge on any atom is -0.449 e. The lowest BCUT2D eigenvalue weighted by molar-refractivity contribution is -0.129. The first-order valence-corrected chi connectivity index (χ1v) is 9.70. The van der Waals surface area contributed by atoms with Gasteiger partial charge in [0.2, 0.25) is 0 Å². The van der Waals surface area contributed by atoms with E-state index >= 15 is 0 Å². The Balaban J connectivity index is 1.64. The van der Waals surface area contributed by atoms with Crippen LogP contribution in [0.15, 0.2) is 18.2 Å². The maximum atomic E-state index is 12.5. The van der Waals surface area contributed by atoms with Crippen molar-refractivity contribution in [2.24, 2.45) is 0 Å². The molecule has 3 rings (SSSR count).